The summed E-state index contributed by atoms with van der Waals surface area (Å²) in [6, 6.07) is 0. The highest BCUT2D eigenvalue weighted by Crippen LogP contribution is 2.36. The van der Waals surface area contributed by atoms with Crippen LogP contribution in [0.2, 0.25) is 0 Å². The molecule has 0 unspecified atom stereocenters. The van der Waals surface area contributed by atoms with Crippen molar-refractivity contribution in [1.29, 1.82) is 0 Å². The number of hydrogen-bond donors (Lipinski definition) is 1. The third kappa shape index (κ3) is 1.56. The van der Waals surface area contributed by atoms with Crippen molar-refractivity contribution in [3.05, 3.63) is 21.4 Å². The molecule has 1 N–H and O–H groups in total. The molecule has 2 nitrogen and oxygen atoms in total. The summed E-state index contributed by atoms with van der Waals surface area (Å²) in [4.78, 5) is 10.6. The molecule has 1 rings (SSSR count). The molecule has 0 aliphatic carbocycles. The zero-order chi connectivity index (χ0) is 10.2. The van der Waals surface area contributed by atoms with Crippen LogP contribution in [0.25, 0.3) is 0 Å². The van der Waals surface area contributed by atoms with E-state index in [9.17, 15) is 13.6 Å². The van der Waals surface area contributed by atoms with E-state index < -0.39 is 11.9 Å². The van der Waals surface area contributed by atoms with Crippen LogP contribution in [0.1, 0.15) is 16.0 Å². The van der Waals surface area contributed by atoms with Crippen LogP contribution in [0.4, 0.5) is 8.78 Å². The molecular weight excluding hydrogens is 198 g/mol. The fraction of sp³-hybridized carbons (Fsp3) is 0.375. The first-order valence-electron chi connectivity index (χ1n) is 3.53. The molecule has 0 atom stereocenters. The molecule has 0 radical (unpaired) electrons. The van der Waals surface area contributed by atoms with Crippen LogP contribution in [0.15, 0.2) is 5.38 Å². The molecule has 0 fully saturated rings. The molecule has 0 aliphatic heterocycles. The minimum atomic E-state index is -3.77. The minimum Gasteiger partial charge on any atom is -0.477 e. The van der Waals surface area contributed by atoms with Gasteiger partial charge in [0.1, 0.15) is 0 Å². The number of aliphatic carboxylic acids is 1. The maximum atomic E-state index is 13.0. The first kappa shape index (κ1) is 10.1. The van der Waals surface area contributed by atoms with Crippen LogP contribution in [0.3, 0.4) is 0 Å². The largest absolute Gasteiger partial charge is 0.477 e. The Morgan fingerprint density at radius 1 is 1.54 bits per heavy atom. The van der Waals surface area contributed by atoms with E-state index in [1.807, 2.05) is 0 Å². The molecular formula is C8H8F2O2S. The predicted molar refractivity (Wildman–Crippen MR) is 45.3 cm³/mol. The van der Waals surface area contributed by atoms with Gasteiger partial charge >= 0.3 is 11.9 Å². The normalized spacial score (nSPS) is 11.7. The summed E-state index contributed by atoms with van der Waals surface area (Å²) in [6.07, 6.45) is 0. The Morgan fingerprint density at radius 2 is 2.08 bits per heavy atom. The van der Waals surface area contributed by atoms with Gasteiger partial charge in [0, 0.05) is 10.4 Å². The first-order valence-corrected chi connectivity index (χ1v) is 4.41. The second kappa shape index (κ2) is 3.06. The van der Waals surface area contributed by atoms with Gasteiger partial charge in [-0.1, -0.05) is 0 Å². The Balaban J connectivity index is 3.28. The molecule has 0 bridgehead atoms. The molecule has 0 spiro atoms. The third-order valence-electron chi connectivity index (χ3n) is 1.74. The highest BCUT2D eigenvalue weighted by atomic mass is 32.1. The van der Waals surface area contributed by atoms with Crippen molar-refractivity contribution in [2.24, 2.45) is 0 Å². The molecule has 0 saturated heterocycles. The van der Waals surface area contributed by atoms with Crippen molar-refractivity contribution in [2.75, 3.05) is 0 Å². The van der Waals surface area contributed by atoms with Crippen molar-refractivity contribution in [1.82, 2.24) is 0 Å². The van der Waals surface area contributed by atoms with E-state index in [0.29, 0.717) is 10.4 Å². The average molecular weight is 206 g/mol. The minimum absolute atomic E-state index is 0.329. The summed E-state index contributed by atoms with van der Waals surface area (Å²) >= 11 is 1.13. The van der Waals surface area contributed by atoms with Crippen molar-refractivity contribution < 1.29 is 18.7 Å². The van der Waals surface area contributed by atoms with Crippen LogP contribution in [-0.4, -0.2) is 11.1 Å². The van der Waals surface area contributed by atoms with Gasteiger partial charge in [0.25, 0.3) is 0 Å². The van der Waals surface area contributed by atoms with Crippen molar-refractivity contribution in [2.45, 2.75) is 19.8 Å². The Kier molecular flexibility index (Phi) is 2.38. The molecule has 1 aromatic rings. The van der Waals surface area contributed by atoms with Crippen molar-refractivity contribution >= 4 is 17.3 Å². The topological polar surface area (TPSA) is 37.3 Å². The molecule has 13 heavy (non-hydrogen) atoms. The van der Waals surface area contributed by atoms with Crippen LogP contribution >= 0.6 is 11.3 Å². The lowest BCUT2D eigenvalue weighted by Gasteiger charge is -2.11. The van der Waals surface area contributed by atoms with Gasteiger partial charge < -0.3 is 5.11 Å². The van der Waals surface area contributed by atoms with E-state index in [2.05, 4.69) is 0 Å². The number of thiophene rings is 1. The molecule has 0 saturated carbocycles. The summed E-state index contributed by atoms with van der Waals surface area (Å²) in [5.74, 6) is -5.87. The monoisotopic (exact) mass is 206 g/mol. The number of aryl methyl sites for hydroxylation is 2. The smallest absolute Gasteiger partial charge is 0.379 e. The Hall–Kier alpha value is -0.970. The predicted octanol–water partition coefficient (Wildman–Crippen LogP) is 2.54. The van der Waals surface area contributed by atoms with E-state index in [-0.39, 0.29) is 5.56 Å². The highest BCUT2D eigenvalue weighted by Gasteiger charge is 2.43. The number of carboxylic acid groups (broad SMARTS) is 1. The Morgan fingerprint density at radius 3 is 2.38 bits per heavy atom. The van der Waals surface area contributed by atoms with Crippen LogP contribution in [0.5, 0.6) is 0 Å². The van der Waals surface area contributed by atoms with Gasteiger partial charge in [-0.15, -0.1) is 11.3 Å². The molecule has 1 aromatic heterocycles. The zero-order valence-electron chi connectivity index (χ0n) is 7.10. The van der Waals surface area contributed by atoms with Crippen LogP contribution in [-0.2, 0) is 10.7 Å². The molecule has 72 valence electrons. The third-order valence-corrected chi connectivity index (χ3v) is 2.77. The fourth-order valence-electron chi connectivity index (χ4n) is 1.15. The lowest BCUT2D eigenvalue weighted by atomic mass is 10.1. The summed E-state index contributed by atoms with van der Waals surface area (Å²) in [6.45, 7) is 2.97. The lowest BCUT2D eigenvalue weighted by molar-refractivity contribution is -0.166. The molecule has 5 heteroatoms. The molecule has 1 heterocycles. The molecule has 0 aromatic carbocycles. The van der Waals surface area contributed by atoms with Gasteiger partial charge in [0.15, 0.2) is 0 Å². The van der Waals surface area contributed by atoms with Crippen molar-refractivity contribution in [3.8, 4) is 0 Å². The summed E-state index contributed by atoms with van der Waals surface area (Å²) in [5, 5.41) is 9.85. The van der Waals surface area contributed by atoms with Gasteiger partial charge in [-0.05, 0) is 24.8 Å². The lowest BCUT2D eigenvalue weighted by Crippen LogP contribution is -2.26. The highest BCUT2D eigenvalue weighted by molar-refractivity contribution is 7.10. The van der Waals surface area contributed by atoms with Gasteiger partial charge in [-0.25, -0.2) is 4.79 Å². The summed E-state index contributed by atoms with van der Waals surface area (Å²) in [7, 11) is 0. The quantitative estimate of drug-likeness (QED) is 0.807. The zero-order valence-corrected chi connectivity index (χ0v) is 7.91. The Bertz CT molecular complexity index is 324. The van der Waals surface area contributed by atoms with E-state index in [4.69, 9.17) is 5.11 Å². The van der Waals surface area contributed by atoms with E-state index in [0.717, 1.165) is 11.3 Å². The fourth-order valence-corrected chi connectivity index (χ4v) is 2.03. The van der Waals surface area contributed by atoms with Gasteiger partial charge in [-0.2, -0.15) is 8.78 Å². The van der Waals surface area contributed by atoms with E-state index >= 15 is 0 Å². The van der Waals surface area contributed by atoms with Crippen molar-refractivity contribution in [3.63, 3.8) is 0 Å². The van der Waals surface area contributed by atoms with Crippen LogP contribution in [0, 0.1) is 13.8 Å². The number of carboxylic acids is 1. The average Bonchev–Trinajstić information content (AvgIpc) is 2.30. The number of alkyl halides is 2. The summed E-state index contributed by atoms with van der Waals surface area (Å²) in [5.41, 5.74) is -0.0418. The van der Waals surface area contributed by atoms with Gasteiger partial charge in [0.05, 0.1) is 0 Å². The maximum Gasteiger partial charge on any atom is 0.379 e. The summed E-state index contributed by atoms with van der Waals surface area (Å²) < 4.78 is 26.1. The number of hydrogen-bond acceptors (Lipinski definition) is 2. The number of halogens is 2. The molecule has 0 amide bonds. The Labute approximate surface area is 77.8 Å². The van der Waals surface area contributed by atoms with Crippen LogP contribution < -0.4 is 0 Å². The SMILES string of the molecule is Cc1csc(C)c1C(F)(F)C(=O)O. The maximum absolute atomic E-state index is 13.0. The second-order valence-corrected chi connectivity index (χ2v) is 3.81. The van der Waals surface area contributed by atoms with E-state index in [1.165, 1.54) is 19.2 Å². The van der Waals surface area contributed by atoms with Gasteiger partial charge in [-0.3, -0.25) is 0 Å². The second-order valence-electron chi connectivity index (χ2n) is 2.73. The number of rotatable bonds is 2. The van der Waals surface area contributed by atoms with E-state index in [1.54, 1.807) is 0 Å². The molecule has 0 aliphatic rings. The first-order chi connectivity index (χ1) is 5.87. The number of carbonyl (C=O) groups is 1. The standard InChI is InChI=1S/C8H8F2O2S/c1-4-3-13-5(2)6(4)8(9,10)7(11)12/h3H,1-2H3,(H,11,12). The van der Waals surface area contributed by atoms with Gasteiger partial charge in [0.2, 0.25) is 0 Å².